The lowest BCUT2D eigenvalue weighted by molar-refractivity contribution is -0.136. The molecular formula is C19H16F3N3O3. The number of alkyl halides is 3. The summed E-state index contributed by atoms with van der Waals surface area (Å²) in [5, 5.41) is 9.07. The van der Waals surface area contributed by atoms with Crippen molar-refractivity contribution >= 4 is 17.3 Å². The average Bonchev–Trinajstić information content (AvgIpc) is 3.12. The molecule has 1 fully saturated rings. The summed E-state index contributed by atoms with van der Waals surface area (Å²) in [6.45, 7) is 2.61. The molecular weight excluding hydrogens is 375 g/mol. The zero-order valence-electron chi connectivity index (χ0n) is 14.6. The molecule has 0 saturated carbocycles. The first-order chi connectivity index (χ1) is 13.3. The van der Waals surface area contributed by atoms with Crippen LogP contribution in [0.25, 0.3) is 16.8 Å². The second-order valence-electron chi connectivity index (χ2n) is 6.45. The Kier molecular flexibility index (Phi) is 4.46. The molecule has 0 bridgehead atoms. The van der Waals surface area contributed by atoms with E-state index in [0.717, 1.165) is 22.4 Å². The van der Waals surface area contributed by atoms with Crippen LogP contribution in [0.5, 0.6) is 0 Å². The summed E-state index contributed by atoms with van der Waals surface area (Å²) in [6, 6.07) is 8.24. The highest BCUT2D eigenvalue weighted by molar-refractivity contribution is 5.86. The van der Waals surface area contributed by atoms with Crippen molar-refractivity contribution in [2.75, 3.05) is 31.2 Å². The molecule has 1 saturated heterocycles. The Hall–Kier alpha value is -3.07. The lowest BCUT2D eigenvalue weighted by atomic mass is 10.0. The van der Waals surface area contributed by atoms with Crippen molar-refractivity contribution in [3.05, 3.63) is 54.0 Å². The smallest absolute Gasteiger partial charge is 0.420 e. The number of fused-ring (bicyclic) bond motifs is 1. The van der Waals surface area contributed by atoms with Crippen LogP contribution in [-0.2, 0) is 10.9 Å². The summed E-state index contributed by atoms with van der Waals surface area (Å²) in [6.07, 6.45) is -2.12. The number of morpholine rings is 1. The molecule has 0 spiro atoms. The van der Waals surface area contributed by atoms with Gasteiger partial charge in [0.15, 0.2) is 5.69 Å². The van der Waals surface area contributed by atoms with E-state index in [9.17, 15) is 18.0 Å². The highest BCUT2D eigenvalue weighted by atomic mass is 19.4. The number of hydrogen-bond donors (Lipinski definition) is 1. The fourth-order valence-electron chi connectivity index (χ4n) is 3.27. The summed E-state index contributed by atoms with van der Waals surface area (Å²) in [5.74, 6) is -1.38. The van der Waals surface area contributed by atoms with Crippen LogP contribution < -0.4 is 4.90 Å². The molecule has 0 radical (unpaired) electrons. The number of carbonyl (C=O) groups is 1. The van der Waals surface area contributed by atoms with E-state index in [1.54, 1.807) is 12.1 Å². The molecule has 28 heavy (non-hydrogen) atoms. The van der Waals surface area contributed by atoms with Crippen molar-refractivity contribution in [1.29, 1.82) is 0 Å². The van der Waals surface area contributed by atoms with Crippen LogP contribution in [0.15, 0.2) is 42.7 Å². The Morgan fingerprint density at radius 3 is 2.54 bits per heavy atom. The van der Waals surface area contributed by atoms with Crippen molar-refractivity contribution < 1.29 is 27.8 Å². The molecule has 3 aromatic rings. The predicted octanol–water partition coefficient (Wildman–Crippen LogP) is 3.55. The number of carboxylic acid groups (broad SMARTS) is 1. The number of ether oxygens (including phenoxy) is 1. The van der Waals surface area contributed by atoms with Gasteiger partial charge in [0, 0.05) is 31.2 Å². The molecule has 4 rings (SSSR count). The Labute approximate surface area is 157 Å². The van der Waals surface area contributed by atoms with Crippen LogP contribution in [0.4, 0.5) is 18.9 Å². The quantitative estimate of drug-likeness (QED) is 0.740. The van der Waals surface area contributed by atoms with E-state index < -0.39 is 29.1 Å². The normalized spacial score (nSPS) is 15.2. The standard InChI is InChI=1S/C19H16F3N3O3/c20-19(21,22)15-9-13(10-25-11-16(18(26)27)23-17(15)25)12-2-1-3-14(8-12)24-4-6-28-7-5-24/h1-3,8-11H,4-7H2,(H,26,27). The van der Waals surface area contributed by atoms with Crippen LogP contribution in [0.1, 0.15) is 16.1 Å². The van der Waals surface area contributed by atoms with Gasteiger partial charge in [0.25, 0.3) is 0 Å². The molecule has 1 aliphatic rings. The number of aromatic carboxylic acids is 1. The summed E-state index contributed by atoms with van der Waals surface area (Å²) < 4.78 is 47.2. The maximum absolute atomic E-state index is 13.6. The Morgan fingerprint density at radius 1 is 1.11 bits per heavy atom. The van der Waals surface area contributed by atoms with E-state index in [0.29, 0.717) is 37.4 Å². The van der Waals surface area contributed by atoms with Gasteiger partial charge in [-0.3, -0.25) is 0 Å². The van der Waals surface area contributed by atoms with Gasteiger partial charge in [0.2, 0.25) is 0 Å². The maximum Gasteiger partial charge on any atom is 0.420 e. The van der Waals surface area contributed by atoms with E-state index in [1.807, 2.05) is 12.1 Å². The summed E-state index contributed by atoms with van der Waals surface area (Å²) in [4.78, 5) is 16.9. The first-order valence-electron chi connectivity index (χ1n) is 8.59. The average molecular weight is 391 g/mol. The zero-order chi connectivity index (χ0) is 19.9. The first-order valence-corrected chi connectivity index (χ1v) is 8.59. The molecule has 0 atom stereocenters. The van der Waals surface area contributed by atoms with Crippen molar-refractivity contribution in [2.45, 2.75) is 6.18 Å². The van der Waals surface area contributed by atoms with E-state index >= 15 is 0 Å². The van der Waals surface area contributed by atoms with Gasteiger partial charge in [0.1, 0.15) is 5.65 Å². The molecule has 0 aliphatic carbocycles. The minimum absolute atomic E-state index is 0.323. The largest absolute Gasteiger partial charge is 0.476 e. The fourth-order valence-corrected chi connectivity index (χ4v) is 3.27. The fraction of sp³-hybridized carbons (Fsp3) is 0.263. The highest BCUT2D eigenvalue weighted by Gasteiger charge is 2.35. The molecule has 3 heterocycles. The lowest BCUT2D eigenvalue weighted by Gasteiger charge is -2.29. The van der Waals surface area contributed by atoms with Gasteiger partial charge in [-0.25, -0.2) is 9.78 Å². The minimum atomic E-state index is -4.67. The number of imidazole rings is 1. The van der Waals surface area contributed by atoms with E-state index in [4.69, 9.17) is 9.84 Å². The van der Waals surface area contributed by atoms with Crippen LogP contribution >= 0.6 is 0 Å². The molecule has 2 aromatic heterocycles. The molecule has 146 valence electrons. The van der Waals surface area contributed by atoms with Crippen molar-refractivity contribution in [2.24, 2.45) is 0 Å². The maximum atomic E-state index is 13.6. The van der Waals surface area contributed by atoms with Crippen molar-refractivity contribution in [3.63, 3.8) is 0 Å². The number of halogens is 3. The van der Waals surface area contributed by atoms with E-state index in [1.165, 1.54) is 6.20 Å². The number of rotatable bonds is 3. The highest BCUT2D eigenvalue weighted by Crippen LogP contribution is 2.36. The monoisotopic (exact) mass is 391 g/mol. The zero-order valence-corrected chi connectivity index (χ0v) is 14.6. The number of pyridine rings is 1. The van der Waals surface area contributed by atoms with Gasteiger partial charge < -0.3 is 19.1 Å². The summed E-state index contributed by atoms with van der Waals surface area (Å²) in [7, 11) is 0. The predicted molar refractivity (Wildman–Crippen MR) is 95.6 cm³/mol. The van der Waals surface area contributed by atoms with Gasteiger partial charge in [-0.05, 0) is 29.3 Å². The number of nitrogens with zero attached hydrogens (tertiary/aromatic N) is 3. The van der Waals surface area contributed by atoms with Crippen molar-refractivity contribution in [3.8, 4) is 11.1 Å². The number of hydrogen-bond acceptors (Lipinski definition) is 4. The third-order valence-electron chi connectivity index (χ3n) is 4.63. The molecule has 1 N–H and O–H groups in total. The lowest BCUT2D eigenvalue weighted by Crippen LogP contribution is -2.36. The second kappa shape index (κ2) is 6.83. The van der Waals surface area contributed by atoms with E-state index in [2.05, 4.69) is 9.88 Å². The Balaban J connectivity index is 1.83. The van der Waals surface area contributed by atoms with Gasteiger partial charge >= 0.3 is 12.1 Å². The van der Waals surface area contributed by atoms with Crippen LogP contribution in [0.2, 0.25) is 0 Å². The van der Waals surface area contributed by atoms with Crippen LogP contribution in [-0.4, -0.2) is 46.8 Å². The number of aromatic nitrogens is 2. The molecule has 1 aliphatic heterocycles. The van der Waals surface area contributed by atoms with E-state index in [-0.39, 0.29) is 0 Å². The molecule has 6 nitrogen and oxygen atoms in total. The van der Waals surface area contributed by atoms with Crippen molar-refractivity contribution in [1.82, 2.24) is 9.38 Å². The molecule has 9 heteroatoms. The molecule has 0 unspecified atom stereocenters. The molecule has 0 amide bonds. The second-order valence-corrected chi connectivity index (χ2v) is 6.45. The Morgan fingerprint density at radius 2 is 1.86 bits per heavy atom. The van der Waals surface area contributed by atoms with Crippen LogP contribution in [0, 0.1) is 0 Å². The van der Waals surface area contributed by atoms with Gasteiger partial charge in [0.05, 0.1) is 18.8 Å². The first kappa shape index (κ1) is 18.3. The summed E-state index contributed by atoms with van der Waals surface area (Å²) >= 11 is 0. The van der Waals surface area contributed by atoms with Gasteiger partial charge in [-0.15, -0.1) is 0 Å². The Bertz CT molecular complexity index is 1040. The minimum Gasteiger partial charge on any atom is -0.476 e. The number of carboxylic acids is 1. The summed E-state index contributed by atoms with van der Waals surface area (Å²) in [5.41, 5.74) is -0.0328. The van der Waals surface area contributed by atoms with Gasteiger partial charge in [-0.1, -0.05) is 12.1 Å². The molecule has 1 aromatic carbocycles. The third kappa shape index (κ3) is 3.40. The number of benzene rings is 1. The topological polar surface area (TPSA) is 67.1 Å². The van der Waals surface area contributed by atoms with Gasteiger partial charge in [-0.2, -0.15) is 13.2 Å². The number of anilines is 1. The third-order valence-corrected chi connectivity index (χ3v) is 4.63. The SMILES string of the molecule is O=C(O)c1cn2cc(-c3cccc(N4CCOCC4)c3)cc(C(F)(F)F)c2n1. The van der Waals surface area contributed by atoms with Crippen LogP contribution in [0.3, 0.4) is 0 Å².